The molecule has 2 amide bonds. The first-order valence-electron chi connectivity index (χ1n) is 10.2. The summed E-state index contributed by atoms with van der Waals surface area (Å²) < 4.78 is 18.6. The highest BCUT2D eigenvalue weighted by molar-refractivity contribution is 6.04. The summed E-state index contributed by atoms with van der Waals surface area (Å²) in [6.07, 6.45) is 0. The summed E-state index contributed by atoms with van der Waals surface area (Å²) in [6, 6.07) is 11.1. The zero-order valence-electron chi connectivity index (χ0n) is 19.2. The third-order valence-electron chi connectivity index (χ3n) is 4.76. The van der Waals surface area contributed by atoms with Gasteiger partial charge in [-0.1, -0.05) is 26.8 Å². The molecule has 1 N–H and O–H groups in total. The van der Waals surface area contributed by atoms with Gasteiger partial charge in [-0.2, -0.15) is 0 Å². The number of nitrogens with one attached hydrogen (secondary N) is 1. The minimum Gasteiger partial charge on any atom is -0.383 e. The summed E-state index contributed by atoms with van der Waals surface area (Å²) in [5.41, 5.74) is 2.10. The van der Waals surface area contributed by atoms with Gasteiger partial charge in [-0.05, 0) is 42.0 Å². The first kappa shape index (κ1) is 24.3. The van der Waals surface area contributed by atoms with E-state index in [0.717, 1.165) is 11.3 Å². The molecule has 6 nitrogen and oxygen atoms in total. The maximum atomic E-state index is 13.5. The Morgan fingerprint density at radius 1 is 1.10 bits per heavy atom. The lowest BCUT2D eigenvalue weighted by Gasteiger charge is -2.31. The molecular weight excluding hydrogens is 397 g/mol. The highest BCUT2D eigenvalue weighted by Crippen LogP contribution is 2.27. The number of hydrogen-bond acceptors (Lipinski definition) is 4. The van der Waals surface area contributed by atoms with Crippen molar-refractivity contribution in [2.75, 3.05) is 44.6 Å². The Balaban J connectivity index is 2.33. The summed E-state index contributed by atoms with van der Waals surface area (Å²) in [5.74, 6) is -0.848. The first-order valence-corrected chi connectivity index (χ1v) is 10.2. The molecule has 2 rings (SSSR count). The number of rotatable bonds is 8. The molecule has 0 fully saturated rings. The van der Waals surface area contributed by atoms with Crippen molar-refractivity contribution >= 4 is 23.2 Å². The van der Waals surface area contributed by atoms with Crippen molar-refractivity contribution in [3.8, 4) is 0 Å². The van der Waals surface area contributed by atoms with Crippen molar-refractivity contribution in [1.82, 2.24) is 4.90 Å². The third-order valence-corrected chi connectivity index (χ3v) is 4.76. The van der Waals surface area contributed by atoms with Gasteiger partial charge in [0.05, 0.1) is 6.61 Å². The molecule has 0 saturated heterocycles. The van der Waals surface area contributed by atoms with Crippen LogP contribution in [0.3, 0.4) is 0 Å². The summed E-state index contributed by atoms with van der Waals surface area (Å²) >= 11 is 0. The van der Waals surface area contributed by atoms with Gasteiger partial charge in [-0.25, -0.2) is 4.39 Å². The van der Waals surface area contributed by atoms with E-state index < -0.39 is 17.1 Å². The van der Waals surface area contributed by atoms with Crippen LogP contribution in [0.1, 0.15) is 36.7 Å². The largest absolute Gasteiger partial charge is 0.383 e. The fourth-order valence-corrected chi connectivity index (χ4v) is 3.19. The second-order valence-electron chi connectivity index (χ2n) is 8.67. The van der Waals surface area contributed by atoms with E-state index in [2.05, 4.69) is 5.32 Å². The Kier molecular flexibility index (Phi) is 8.16. The molecule has 0 aromatic heterocycles. The molecule has 0 aliphatic heterocycles. The lowest BCUT2D eigenvalue weighted by Crippen LogP contribution is -2.41. The summed E-state index contributed by atoms with van der Waals surface area (Å²) in [7, 11) is 5.46. The topological polar surface area (TPSA) is 61.9 Å². The highest BCUT2D eigenvalue weighted by atomic mass is 19.1. The maximum Gasteiger partial charge on any atom is 0.255 e. The lowest BCUT2D eigenvalue weighted by atomic mass is 9.94. The summed E-state index contributed by atoms with van der Waals surface area (Å²) in [6.45, 7) is 6.91. The van der Waals surface area contributed by atoms with E-state index in [0.29, 0.717) is 25.4 Å². The molecule has 2 aromatic rings. The van der Waals surface area contributed by atoms with Crippen LogP contribution in [0.25, 0.3) is 0 Å². The van der Waals surface area contributed by atoms with Crippen molar-refractivity contribution in [2.24, 2.45) is 5.41 Å². The molecule has 0 radical (unpaired) electrons. The number of methoxy groups -OCH3 is 1. The number of hydrogen-bond donors (Lipinski definition) is 1. The van der Waals surface area contributed by atoms with Gasteiger partial charge in [0, 0.05) is 56.6 Å². The number of carbonyl (C=O) groups is 2. The molecule has 0 bridgehead atoms. The maximum absolute atomic E-state index is 13.5. The van der Waals surface area contributed by atoms with Crippen molar-refractivity contribution < 1.29 is 18.7 Å². The fraction of sp³-hybridized carbons (Fsp3) is 0.417. The van der Waals surface area contributed by atoms with Crippen LogP contribution in [-0.4, -0.2) is 51.1 Å². The molecular formula is C24H32FN3O3. The lowest BCUT2D eigenvalue weighted by molar-refractivity contribution is -0.140. The van der Waals surface area contributed by atoms with Gasteiger partial charge in [0.1, 0.15) is 5.82 Å². The Morgan fingerprint density at radius 3 is 2.39 bits per heavy atom. The van der Waals surface area contributed by atoms with Gasteiger partial charge in [0.15, 0.2) is 0 Å². The average molecular weight is 430 g/mol. The summed E-state index contributed by atoms with van der Waals surface area (Å²) in [4.78, 5) is 29.2. The van der Waals surface area contributed by atoms with Crippen LogP contribution in [0, 0.1) is 11.2 Å². The van der Waals surface area contributed by atoms with Crippen LogP contribution in [0.2, 0.25) is 0 Å². The predicted molar refractivity (Wildman–Crippen MR) is 122 cm³/mol. The molecule has 0 aliphatic carbocycles. The van der Waals surface area contributed by atoms with Crippen LogP contribution >= 0.6 is 0 Å². The number of carbonyl (C=O) groups excluding carboxylic acids is 2. The van der Waals surface area contributed by atoms with Crippen LogP contribution in [0.15, 0.2) is 42.5 Å². The molecule has 31 heavy (non-hydrogen) atoms. The number of amides is 2. The number of nitrogens with zero attached hydrogens (tertiary/aromatic N) is 2. The number of ether oxygens (including phenoxy) is 1. The highest BCUT2D eigenvalue weighted by Gasteiger charge is 2.28. The zero-order chi connectivity index (χ0) is 23.2. The molecule has 0 heterocycles. The Labute approximate surface area is 184 Å². The Bertz CT molecular complexity index is 923. The number of anilines is 2. The number of benzene rings is 2. The standard InChI is InChI=1S/C24H32FN3O3/c1-24(2,3)23(30)28(12-13-31-6)16-18-15-20(10-11-21(18)27(4)5)26-22(29)17-8-7-9-19(25)14-17/h7-11,14-15H,12-13,16H2,1-6H3,(H,26,29). The SMILES string of the molecule is COCCN(Cc1cc(NC(=O)c2cccc(F)c2)ccc1N(C)C)C(=O)C(C)(C)C. The van der Waals surface area contributed by atoms with Gasteiger partial charge >= 0.3 is 0 Å². The smallest absolute Gasteiger partial charge is 0.255 e. The van der Waals surface area contributed by atoms with Crippen LogP contribution < -0.4 is 10.2 Å². The molecule has 0 atom stereocenters. The van der Waals surface area contributed by atoms with Crippen LogP contribution in [0.4, 0.5) is 15.8 Å². The summed E-state index contributed by atoms with van der Waals surface area (Å²) in [5, 5.41) is 2.82. The minimum absolute atomic E-state index is 0.0171. The van der Waals surface area contributed by atoms with Crippen molar-refractivity contribution in [2.45, 2.75) is 27.3 Å². The van der Waals surface area contributed by atoms with Crippen molar-refractivity contribution in [1.29, 1.82) is 0 Å². The van der Waals surface area contributed by atoms with Gasteiger partial charge in [0.25, 0.3) is 5.91 Å². The first-order chi connectivity index (χ1) is 14.5. The molecule has 0 unspecified atom stereocenters. The van der Waals surface area contributed by atoms with Crippen LogP contribution in [0.5, 0.6) is 0 Å². The van der Waals surface area contributed by atoms with Gasteiger partial charge in [-0.3, -0.25) is 9.59 Å². The molecule has 0 saturated carbocycles. The van der Waals surface area contributed by atoms with Crippen molar-refractivity contribution in [3.63, 3.8) is 0 Å². The second-order valence-corrected chi connectivity index (χ2v) is 8.67. The fourth-order valence-electron chi connectivity index (χ4n) is 3.19. The van der Waals surface area contributed by atoms with Crippen LogP contribution in [-0.2, 0) is 16.1 Å². The Morgan fingerprint density at radius 2 is 1.81 bits per heavy atom. The normalized spacial score (nSPS) is 11.2. The van der Waals surface area contributed by atoms with E-state index in [4.69, 9.17) is 4.74 Å². The van der Waals surface area contributed by atoms with Gasteiger partial charge < -0.3 is 19.9 Å². The molecule has 2 aromatic carbocycles. The molecule has 0 spiro atoms. The Hall–Kier alpha value is -2.93. The van der Waals surface area contributed by atoms with E-state index in [1.54, 1.807) is 24.1 Å². The molecule has 168 valence electrons. The predicted octanol–water partition coefficient (Wildman–Crippen LogP) is 4.17. The minimum atomic E-state index is -0.533. The van der Waals surface area contributed by atoms with Gasteiger partial charge in [-0.15, -0.1) is 0 Å². The molecule has 7 heteroatoms. The van der Waals surface area contributed by atoms with E-state index in [-0.39, 0.29) is 11.5 Å². The average Bonchev–Trinajstić information content (AvgIpc) is 2.69. The van der Waals surface area contributed by atoms with Crippen molar-refractivity contribution in [3.05, 3.63) is 59.4 Å². The van der Waals surface area contributed by atoms with E-state index in [1.807, 2.05) is 51.9 Å². The van der Waals surface area contributed by atoms with E-state index >= 15 is 0 Å². The monoisotopic (exact) mass is 429 g/mol. The second kappa shape index (κ2) is 10.4. The number of halogens is 1. The third kappa shape index (κ3) is 6.79. The van der Waals surface area contributed by atoms with Gasteiger partial charge in [0.2, 0.25) is 5.91 Å². The van der Waals surface area contributed by atoms with E-state index in [1.165, 1.54) is 18.2 Å². The molecule has 0 aliphatic rings. The zero-order valence-corrected chi connectivity index (χ0v) is 19.2. The van der Waals surface area contributed by atoms with E-state index in [9.17, 15) is 14.0 Å². The quantitative estimate of drug-likeness (QED) is 0.684.